The van der Waals surface area contributed by atoms with Crippen molar-refractivity contribution >= 4 is 58.3 Å². The second-order valence-electron chi connectivity index (χ2n) is 8.23. The molecule has 0 amide bonds. The highest BCUT2D eigenvalue weighted by molar-refractivity contribution is 6.33. The Bertz CT molecular complexity index is 1310. The molecule has 0 bridgehead atoms. The third-order valence-electron chi connectivity index (χ3n) is 6.23. The van der Waals surface area contributed by atoms with Crippen LogP contribution in [0.15, 0.2) is 54.9 Å². The van der Waals surface area contributed by atoms with Gasteiger partial charge in [-0.15, -0.1) is 12.4 Å². The van der Waals surface area contributed by atoms with Crippen molar-refractivity contribution in [3.8, 4) is 0 Å². The standard InChI is InChI=1S/C24H24ClN7O.ClH/c25-18-6-2-3-7-19(18)28-22-21-23(27-16-26-22)32-15-17-5-1-4-8-20(17)31(24(32)29-21)10-9-30-11-13-33-14-12-30;/h1-8,16H,9-15H2,(H,26,27,28);1H. The van der Waals surface area contributed by atoms with Gasteiger partial charge in [0.2, 0.25) is 5.95 Å². The minimum atomic E-state index is 0. The average Bonchev–Trinajstić information content (AvgIpc) is 3.23. The largest absolute Gasteiger partial charge is 0.379 e. The zero-order chi connectivity index (χ0) is 22.2. The van der Waals surface area contributed by atoms with Crippen LogP contribution < -0.4 is 10.2 Å². The third kappa shape index (κ3) is 4.18. The number of halogens is 2. The maximum Gasteiger partial charge on any atom is 0.212 e. The Hall–Kier alpha value is -2.91. The summed E-state index contributed by atoms with van der Waals surface area (Å²) in [6.45, 7) is 6.01. The SMILES string of the molecule is Cl.Clc1ccccc1Nc1ncnc2c1nc1n2Cc2ccccc2N1CCN1CCOCC1. The summed E-state index contributed by atoms with van der Waals surface area (Å²) in [5.41, 5.74) is 4.78. The second kappa shape index (κ2) is 9.76. The van der Waals surface area contributed by atoms with E-state index in [1.54, 1.807) is 6.33 Å². The van der Waals surface area contributed by atoms with E-state index in [4.69, 9.17) is 21.3 Å². The lowest BCUT2D eigenvalue weighted by Gasteiger charge is -2.34. The van der Waals surface area contributed by atoms with Gasteiger partial charge in [0.15, 0.2) is 17.0 Å². The van der Waals surface area contributed by atoms with Crippen LogP contribution in [0.4, 0.5) is 23.1 Å². The summed E-state index contributed by atoms with van der Waals surface area (Å²) in [6.07, 6.45) is 1.58. The van der Waals surface area contributed by atoms with Crippen LogP contribution in [0, 0.1) is 0 Å². The first-order valence-corrected chi connectivity index (χ1v) is 11.5. The molecule has 1 N–H and O–H groups in total. The van der Waals surface area contributed by atoms with Crippen molar-refractivity contribution in [3.63, 3.8) is 0 Å². The van der Waals surface area contributed by atoms with E-state index in [1.807, 2.05) is 24.3 Å². The normalized spacial score (nSPS) is 15.5. The fraction of sp³-hybridized carbons (Fsp3) is 0.292. The van der Waals surface area contributed by atoms with Crippen LogP contribution in [-0.2, 0) is 11.3 Å². The molecule has 34 heavy (non-hydrogen) atoms. The highest BCUT2D eigenvalue weighted by atomic mass is 35.5. The number of nitrogens with zero attached hydrogens (tertiary/aromatic N) is 6. The van der Waals surface area contributed by atoms with Gasteiger partial charge in [0.05, 0.1) is 30.5 Å². The fourth-order valence-corrected chi connectivity index (χ4v) is 4.71. The molecule has 2 aliphatic heterocycles. The molecule has 10 heteroatoms. The van der Waals surface area contributed by atoms with Gasteiger partial charge in [0.25, 0.3) is 0 Å². The van der Waals surface area contributed by atoms with E-state index in [2.05, 4.69) is 53.9 Å². The fourth-order valence-electron chi connectivity index (χ4n) is 4.53. The van der Waals surface area contributed by atoms with Crippen LogP contribution >= 0.6 is 24.0 Å². The van der Waals surface area contributed by atoms with Gasteiger partial charge >= 0.3 is 0 Å². The smallest absolute Gasteiger partial charge is 0.212 e. The monoisotopic (exact) mass is 497 g/mol. The van der Waals surface area contributed by atoms with Gasteiger partial charge in [-0.25, -0.2) is 15.0 Å². The van der Waals surface area contributed by atoms with Gasteiger partial charge in [-0.05, 0) is 23.8 Å². The van der Waals surface area contributed by atoms with Crippen LogP contribution in [0.3, 0.4) is 0 Å². The van der Waals surface area contributed by atoms with Crippen molar-refractivity contribution in [2.45, 2.75) is 6.54 Å². The molecule has 4 aromatic rings. The number of rotatable bonds is 5. The number of aromatic nitrogens is 4. The van der Waals surface area contributed by atoms with E-state index >= 15 is 0 Å². The molecule has 6 rings (SSSR count). The number of para-hydroxylation sites is 2. The van der Waals surface area contributed by atoms with Crippen molar-refractivity contribution in [2.24, 2.45) is 0 Å². The van der Waals surface area contributed by atoms with Gasteiger partial charge in [0.1, 0.15) is 6.33 Å². The summed E-state index contributed by atoms with van der Waals surface area (Å²) < 4.78 is 7.69. The lowest BCUT2D eigenvalue weighted by Crippen LogP contribution is -2.41. The number of anilines is 4. The number of imidazole rings is 1. The molecule has 8 nitrogen and oxygen atoms in total. The number of ether oxygens (including phenoxy) is 1. The minimum absolute atomic E-state index is 0. The first-order chi connectivity index (χ1) is 16.3. The number of fused-ring (bicyclic) bond motifs is 4. The summed E-state index contributed by atoms with van der Waals surface area (Å²) in [5, 5.41) is 3.98. The second-order valence-corrected chi connectivity index (χ2v) is 8.64. The lowest BCUT2D eigenvalue weighted by molar-refractivity contribution is 0.0393. The summed E-state index contributed by atoms with van der Waals surface area (Å²) in [6, 6.07) is 16.1. The molecule has 1 fully saturated rings. The van der Waals surface area contributed by atoms with Crippen LogP contribution in [0.2, 0.25) is 5.02 Å². The molecular weight excluding hydrogens is 473 g/mol. The Morgan fingerprint density at radius 2 is 1.76 bits per heavy atom. The number of benzene rings is 2. The predicted octanol–water partition coefficient (Wildman–Crippen LogP) is 4.48. The third-order valence-corrected chi connectivity index (χ3v) is 6.56. The summed E-state index contributed by atoms with van der Waals surface area (Å²) >= 11 is 6.37. The zero-order valence-electron chi connectivity index (χ0n) is 18.5. The zero-order valence-corrected chi connectivity index (χ0v) is 20.1. The molecule has 0 aliphatic carbocycles. The number of morpholine rings is 1. The Balaban J connectivity index is 0.00000241. The summed E-state index contributed by atoms with van der Waals surface area (Å²) in [7, 11) is 0. The molecule has 2 aliphatic rings. The van der Waals surface area contributed by atoms with E-state index in [1.165, 1.54) is 11.3 Å². The average molecular weight is 498 g/mol. The molecule has 0 unspecified atom stereocenters. The Kier molecular flexibility index (Phi) is 6.56. The number of hydrogen-bond acceptors (Lipinski definition) is 7. The summed E-state index contributed by atoms with van der Waals surface area (Å²) in [5.74, 6) is 1.53. The molecule has 0 spiro atoms. The van der Waals surface area contributed by atoms with E-state index in [9.17, 15) is 0 Å². The van der Waals surface area contributed by atoms with E-state index in [0.717, 1.165) is 68.7 Å². The van der Waals surface area contributed by atoms with E-state index < -0.39 is 0 Å². The number of hydrogen-bond donors (Lipinski definition) is 1. The topological polar surface area (TPSA) is 71.3 Å². The molecule has 2 aromatic heterocycles. The van der Waals surface area contributed by atoms with Gasteiger partial charge in [-0.3, -0.25) is 9.47 Å². The Morgan fingerprint density at radius 1 is 0.971 bits per heavy atom. The van der Waals surface area contributed by atoms with Crippen molar-refractivity contribution in [3.05, 3.63) is 65.4 Å². The van der Waals surface area contributed by atoms with Gasteiger partial charge < -0.3 is 15.0 Å². The molecule has 0 saturated carbocycles. The molecule has 0 radical (unpaired) electrons. The predicted molar refractivity (Wildman–Crippen MR) is 137 cm³/mol. The van der Waals surface area contributed by atoms with Gasteiger partial charge in [-0.2, -0.15) is 0 Å². The maximum atomic E-state index is 6.37. The molecule has 0 atom stereocenters. The first kappa shape index (κ1) is 22.9. The highest BCUT2D eigenvalue weighted by Crippen LogP contribution is 2.38. The maximum absolute atomic E-state index is 6.37. The van der Waals surface area contributed by atoms with Crippen molar-refractivity contribution in [1.82, 2.24) is 24.4 Å². The molecule has 176 valence electrons. The highest BCUT2D eigenvalue weighted by Gasteiger charge is 2.28. The van der Waals surface area contributed by atoms with Gasteiger partial charge in [0, 0.05) is 31.9 Å². The first-order valence-electron chi connectivity index (χ1n) is 11.2. The van der Waals surface area contributed by atoms with Gasteiger partial charge in [-0.1, -0.05) is 41.9 Å². The quantitative estimate of drug-likeness (QED) is 0.435. The molecule has 1 saturated heterocycles. The molecular formula is C24H25Cl2N7O. The summed E-state index contributed by atoms with van der Waals surface area (Å²) in [4.78, 5) is 18.9. The van der Waals surface area contributed by atoms with Crippen molar-refractivity contribution < 1.29 is 4.74 Å². The van der Waals surface area contributed by atoms with Crippen LogP contribution in [-0.4, -0.2) is 63.8 Å². The lowest BCUT2D eigenvalue weighted by atomic mass is 10.1. The van der Waals surface area contributed by atoms with Crippen LogP contribution in [0.25, 0.3) is 11.2 Å². The Morgan fingerprint density at radius 3 is 2.62 bits per heavy atom. The van der Waals surface area contributed by atoms with Crippen molar-refractivity contribution in [2.75, 3.05) is 49.6 Å². The van der Waals surface area contributed by atoms with Crippen LogP contribution in [0.1, 0.15) is 5.56 Å². The van der Waals surface area contributed by atoms with E-state index in [0.29, 0.717) is 10.8 Å². The van der Waals surface area contributed by atoms with E-state index in [-0.39, 0.29) is 12.4 Å². The molecule has 2 aromatic carbocycles. The van der Waals surface area contributed by atoms with Crippen LogP contribution in [0.5, 0.6) is 0 Å². The minimum Gasteiger partial charge on any atom is -0.379 e. The van der Waals surface area contributed by atoms with Crippen molar-refractivity contribution in [1.29, 1.82) is 0 Å². The molecule has 4 heterocycles. The number of nitrogens with one attached hydrogen (secondary N) is 1. The Labute approximate surface area is 208 Å².